The number of nitrogens with zero attached hydrogens (tertiary/aromatic N) is 1. The van der Waals surface area contributed by atoms with Gasteiger partial charge in [-0.1, -0.05) is 30.2 Å². The number of alkyl halides is 3. The number of hydrogen-bond donors (Lipinski definition) is 1. The van der Waals surface area contributed by atoms with E-state index in [-0.39, 0.29) is 24.0 Å². The molecule has 1 N–H and O–H groups in total. The summed E-state index contributed by atoms with van der Waals surface area (Å²) in [5.41, 5.74) is 0.705. The van der Waals surface area contributed by atoms with Crippen LogP contribution in [0.3, 0.4) is 0 Å². The largest absolute Gasteiger partial charge is 0.493 e. The van der Waals surface area contributed by atoms with E-state index in [1.165, 1.54) is 24.1 Å². The van der Waals surface area contributed by atoms with Crippen LogP contribution in [0, 0.1) is 5.92 Å². The number of piperidine rings is 1. The van der Waals surface area contributed by atoms with Gasteiger partial charge in [0.15, 0.2) is 0 Å². The summed E-state index contributed by atoms with van der Waals surface area (Å²) in [6, 6.07) is 12.9. The zero-order chi connectivity index (χ0) is 22.8. The zero-order valence-corrected chi connectivity index (χ0v) is 18.7. The molecule has 0 radical (unpaired) electrons. The summed E-state index contributed by atoms with van der Waals surface area (Å²) in [4.78, 5) is 2.39. The lowest BCUT2D eigenvalue weighted by atomic mass is 9.63. The Morgan fingerprint density at radius 2 is 1.72 bits per heavy atom. The molecule has 2 atom stereocenters. The van der Waals surface area contributed by atoms with Crippen molar-refractivity contribution in [3.8, 4) is 5.75 Å². The van der Waals surface area contributed by atoms with E-state index in [2.05, 4.69) is 17.0 Å². The number of halogens is 4. The molecule has 0 spiro atoms. The van der Waals surface area contributed by atoms with E-state index in [9.17, 15) is 18.3 Å². The van der Waals surface area contributed by atoms with Gasteiger partial charge in [0.25, 0.3) is 0 Å². The molecule has 1 heterocycles. The number of ether oxygens (including phenoxy) is 1. The van der Waals surface area contributed by atoms with Gasteiger partial charge in [0, 0.05) is 28.9 Å². The Bertz CT molecular complexity index is 882. The molecular formula is C25H29ClF3NO2. The highest BCUT2D eigenvalue weighted by atomic mass is 35.5. The molecule has 174 valence electrons. The molecule has 3 nitrogen and oxygen atoms in total. The van der Waals surface area contributed by atoms with Crippen LogP contribution in [-0.2, 0) is 11.6 Å². The first kappa shape index (κ1) is 23.4. The number of hydrogen-bond acceptors (Lipinski definition) is 3. The highest BCUT2D eigenvalue weighted by molar-refractivity contribution is 6.30. The first-order chi connectivity index (χ1) is 15.3. The molecule has 7 heteroatoms. The highest BCUT2D eigenvalue weighted by Gasteiger charge is 2.43. The Morgan fingerprint density at radius 1 is 1.03 bits per heavy atom. The topological polar surface area (TPSA) is 32.7 Å². The van der Waals surface area contributed by atoms with Crippen molar-refractivity contribution in [1.29, 1.82) is 0 Å². The van der Waals surface area contributed by atoms with Crippen LogP contribution in [0.2, 0.25) is 5.02 Å². The Morgan fingerprint density at radius 3 is 2.28 bits per heavy atom. The fraction of sp³-hybridized carbons (Fsp3) is 0.520. The molecule has 2 aromatic carbocycles. The van der Waals surface area contributed by atoms with E-state index in [0.717, 1.165) is 55.9 Å². The van der Waals surface area contributed by atoms with E-state index in [0.29, 0.717) is 12.4 Å². The molecule has 2 aromatic rings. The lowest BCUT2D eigenvalue weighted by Gasteiger charge is -2.50. The van der Waals surface area contributed by atoms with Crippen molar-refractivity contribution >= 4 is 11.6 Å². The van der Waals surface area contributed by atoms with Crippen LogP contribution in [-0.4, -0.2) is 42.4 Å². The minimum atomic E-state index is -4.36. The van der Waals surface area contributed by atoms with Crippen LogP contribution in [0.1, 0.15) is 43.2 Å². The Balaban J connectivity index is 1.41. The first-order valence-corrected chi connectivity index (χ1v) is 11.6. The number of benzene rings is 2. The summed E-state index contributed by atoms with van der Waals surface area (Å²) in [5.74, 6) is 0.543. The standard InChI is InChI=1S/C25H29ClF3NO2/c26-21-8-4-19(5-9-21)24(12-2-13-24)17-30-14-1-3-18(23(30)15-31)16-32-22-10-6-20(7-11-22)25(27,28)29/h4-11,18,23,31H,1-3,12-17H2. The normalized spacial score (nSPS) is 23.5. The first-order valence-electron chi connectivity index (χ1n) is 11.2. The second-order valence-corrected chi connectivity index (χ2v) is 9.53. The predicted octanol–water partition coefficient (Wildman–Crippen LogP) is 5.93. The van der Waals surface area contributed by atoms with Gasteiger partial charge in [-0.25, -0.2) is 0 Å². The summed E-state index contributed by atoms with van der Waals surface area (Å²) in [6.07, 6.45) is 1.02. The number of rotatable bonds is 7. The molecule has 0 amide bonds. The average Bonchev–Trinajstić information content (AvgIpc) is 2.75. The fourth-order valence-corrected chi connectivity index (χ4v) is 5.27. The second-order valence-electron chi connectivity index (χ2n) is 9.10. The van der Waals surface area contributed by atoms with Gasteiger partial charge in [-0.2, -0.15) is 13.2 Å². The van der Waals surface area contributed by atoms with Crippen LogP contribution in [0.15, 0.2) is 48.5 Å². The lowest BCUT2D eigenvalue weighted by Crippen LogP contribution is -2.55. The fourth-order valence-electron chi connectivity index (χ4n) is 5.15. The van der Waals surface area contributed by atoms with Gasteiger partial charge in [-0.3, -0.25) is 4.90 Å². The maximum Gasteiger partial charge on any atom is 0.416 e. The van der Waals surface area contributed by atoms with Gasteiger partial charge in [-0.05, 0) is 74.2 Å². The van der Waals surface area contributed by atoms with Crippen molar-refractivity contribution in [2.45, 2.75) is 49.7 Å². The van der Waals surface area contributed by atoms with Gasteiger partial charge < -0.3 is 9.84 Å². The van der Waals surface area contributed by atoms with Crippen molar-refractivity contribution in [3.63, 3.8) is 0 Å². The Hall–Kier alpha value is -1.76. The third kappa shape index (κ3) is 5.08. The van der Waals surface area contributed by atoms with E-state index < -0.39 is 11.7 Å². The Kier molecular flexibility index (Phi) is 7.03. The lowest BCUT2D eigenvalue weighted by molar-refractivity contribution is -0.137. The molecule has 0 bridgehead atoms. The van der Waals surface area contributed by atoms with Gasteiger partial charge in [-0.15, -0.1) is 0 Å². The predicted molar refractivity (Wildman–Crippen MR) is 119 cm³/mol. The van der Waals surface area contributed by atoms with E-state index >= 15 is 0 Å². The monoisotopic (exact) mass is 467 g/mol. The number of aliphatic hydroxyl groups is 1. The smallest absolute Gasteiger partial charge is 0.416 e. The highest BCUT2D eigenvalue weighted by Crippen LogP contribution is 2.45. The molecule has 1 aliphatic carbocycles. The van der Waals surface area contributed by atoms with Crippen LogP contribution < -0.4 is 4.74 Å². The summed E-state index contributed by atoms with van der Waals surface area (Å²) in [7, 11) is 0. The minimum Gasteiger partial charge on any atom is -0.493 e. The van der Waals surface area contributed by atoms with E-state index in [4.69, 9.17) is 16.3 Å². The molecule has 4 rings (SSSR count). The zero-order valence-electron chi connectivity index (χ0n) is 18.0. The maximum atomic E-state index is 12.8. The maximum absolute atomic E-state index is 12.8. The van der Waals surface area contributed by atoms with Gasteiger partial charge in [0.2, 0.25) is 0 Å². The summed E-state index contributed by atoms with van der Waals surface area (Å²) < 4.78 is 44.1. The summed E-state index contributed by atoms with van der Waals surface area (Å²) in [5, 5.41) is 10.9. The van der Waals surface area contributed by atoms with E-state index in [1.54, 1.807) is 0 Å². The molecule has 32 heavy (non-hydrogen) atoms. The molecule has 1 saturated heterocycles. The van der Waals surface area contributed by atoms with Gasteiger partial charge in [0.05, 0.1) is 18.8 Å². The van der Waals surface area contributed by atoms with Gasteiger partial charge in [0.1, 0.15) is 5.75 Å². The third-order valence-corrected chi connectivity index (χ3v) is 7.39. The molecule has 2 fully saturated rings. The van der Waals surface area contributed by atoms with Crippen LogP contribution in [0.25, 0.3) is 0 Å². The SMILES string of the molecule is OCC1C(COc2ccc(C(F)(F)F)cc2)CCCN1CC1(c2ccc(Cl)cc2)CCC1. The number of likely N-dealkylation sites (tertiary alicyclic amines) is 1. The molecule has 1 saturated carbocycles. The summed E-state index contributed by atoms with van der Waals surface area (Å²) in [6.45, 7) is 2.23. The minimum absolute atomic E-state index is 0.0250. The molecular weight excluding hydrogens is 439 g/mol. The van der Waals surface area contributed by atoms with Crippen molar-refractivity contribution in [1.82, 2.24) is 4.90 Å². The summed E-state index contributed by atoms with van der Waals surface area (Å²) >= 11 is 6.08. The van der Waals surface area contributed by atoms with Crippen molar-refractivity contribution in [3.05, 3.63) is 64.7 Å². The van der Waals surface area contributed by atoms with Gasteiger partial charge >= 0.3 is 6.18 Å². The number of aliphatic hydroxyl groups excluding tert-OH is 1. The quantitative estimate of drug-likeness (QED) is 0.547. The molecule has 1 aliphatic heterocycles. The van der Waals surface area contributed by atoms with Crippen LogP contribution in [0.4, 0.5) is 13.2 Å². The third-order valence-electron chi connectivity index (χ3n) is 7.14. The second kappa shape index (κ2) is 9.62. The van der Waals surface area contributed by atoms with Crippen molar-refractivity contribution < 1.29 is 23.0 Å². The average molecular weight is 468 g/mol. The van der Waals surface area contributed by atoms with Crippen molar-refractivity contribution in [2.24, 2.45) is 5.92 Å². The molecule has 2 aliphatic rings. The van der Waals surface area contributed by atoms with Crippen LogP contribution in [0.5, 0.6) is 5.75 Å². The molecule has 2 unspecified atom stereocenters. The Labute approximate surface area is 192 Å². The molecule has 0 aromatic heterocycles. The van der Waals surface area contributed by atoms with E-state index in [1.807, 2.05) is 12.1 Å². The van der Waals surface area contributed by atoms with Crippen LogP contribution >= 0.6 is 11.6 Å². The van der Waals surface area contributed by atoms with Crippen molar-refractivity contribution in [2.75, 3.05) is 26.3 Å².